The molecule has 0 aliphatic heterocycles. The number of hydrogen-bond donors (Lipinski definition) is 3. The van der Waals surface area contributed by atoms with Crippen molar-refractivity contribution in [2.24, 2.45) is 7.05 Å². The molecule has 0 bridgehead atoms. The van der Waals surface area contributed by atoms with E-state index in [0.717, 1.165) is 57.6 Å². The highest BCUT2D eigenvalue weighted by Crippen LogP contribution is 2.32. The fourth-order valence-electron chi connectivity index (χ4n) is 5.02. The summed E-state index contributed by atoms with van der Waals surface area (Å²) < 4.78 is 0. The first-order chi connectivity index (χ1) is 18.7. The minimum Gasteiger partial charge on any atom is -0.369 e. The van der Waals surface area contributed by atoms with Gasteiger partial charge in [0.15, 0.2) is 0 Å². The molecule has 7 aromatic rings. The number of aromatic amines is 2. The molecule has 7 rings (SSSR count). The van der Waals surface area contributed by atoms with E-state index in [0.29, 0.717) is 12.2 Å². The van der Waals surface area contributed by atoms with Crippen molar-refractivity contribution in [1.82, 2.24) is 40.1 Å². The zero-order valence-electron chi connectivity index (χ0n) is 20.8. The Labute approximate surface area is 217 Å². The van der Waals surface area contributed by atoms with Gasteiger partial charge in [0.2, 0.25) is 5.82 Å². The molecule has 0 spiro atoms. The maximum absolute atomic E-state index is 5.01. The summed E-state index contributed by atoms with van der Waals surface area (Å²) in [6.07, 6.45) is 3.60. The number of fused-ring (bicyclic) bond motifs is 4. The predicted molar refractivity (Wildman–Crippen MR) is 149 cm³/mol. The van der Waals surface area contributed by atoms with Crippen molar-refractivity contribution in [3.05, 3.63) is 95.9 Å². The second-order valence-corrected chi connectivity index (χ2v) is 9.40. The van der Waals surface area contributed by atoms with Crippen LogP contribution in [-0.2, 0) is 19.9 Å². The van der Waals surface area contributed by atoms with Crippen molar-refractivity contribution in [3.63, 3.8) is 0 Å². The molecule has 0 atom stereocenters. The maximum Gasteiger partial charge on any atom is 0.204 e. The first kappa shape index (κ1) is 22.2. The summed E-state index contributed by atoms with van der Waals surface area (Å²) in [5, 5.41) is 19.4. The average Bonchev–Trinajstić information content (AvgIpc) is 3.65. The number of nitrogens with zero attached hydrogens (tertiary/aromatic N) is 6. The lowest BCUT2D eigenvalue weighted by Crippen LogP contribution is -2.09. The van der Waals surface area contributed by atoms with Crippen LogP contribution in [0.5, 0.6) is 0 Å². The molecule has 0 radical (unpaired) electrons. The fraction of sp³-hybridized carbons (Fsp3) is 0.138. The van der Waals surface area contributed by atoms with E-state index in [1.807, 2.05) is 30.3 Å². The van der Waals surface area contributed by atoms with Gasteiger partial charge in [-0.05, 0) is 47.0 Å². The molecule has 0 fully saturated rings. The van der Waals surface area contributed by atoms with Gasteiger partial charge in [0.05, 0.1) is 12.4 Å². The van der Waals surface area contributed by atoms with Gasteiger partial charge in [-0.3, -0.25) is 0 Å². The molecule has 0 saturated carbocycles. The number of hydrogen-bond acceptors (Lipinski definition) is 6. The van der Waals surface area contributed by atoms with Crippen LogP contribution in [0.15, 0.2) is 79.0 Å². The Kier molecular flexibility index (Phi) is 5.32. The summed E-state index contributed by atoms with van der Waals surface area (Å²) in [7, 11) is 1.76. The van der Waals surface area contributed by atoms with E-state index >= 15 is 0 Å². The molecular formula is C29H25N9. The molecular weight excluding hydrogens is 474 g/mol. The van der Waals surface area contributed by atoms with E-state index in [1.54, 1.807) is 7.05 Å². The van der Waals surface area contributed by atoms with Crippen LogP contribution in [0.2, 0.25) is 0 Å². The number of rotatable bonds is 7. The molecule has 3 N–H and O–H groups in total. The molecule has 9 nitrogen and oxygen atoms in total. The third kappa shape index (κ3) is 4.03. The van der Waals surface area contributed by atoms with Gasteiger partial charge in [0, 0.05) is 46.5 Å². The van der Waals surface area contributed by atoms with Crippen LogP contribution in [0.3, 0.4) is 0 Å². The van der Waals surface area contributed by atoms with Crippen molar-refractivity contribution >= 4 is 38.7 Å². The lowest BCUT2D eigenvalue weighted by molar-refractivity contribution is 0.630. The first-order valence-electron chi connectivity index (χ1n) is 12.6. The highest BCUT2D eigenvalue weighted by molar-refractivity contribution is 6.12. The molecule has 0 aliphatic rings. The minimum absolute atomic E-state index is 0.583. The third-order valence-electron chi connectivity index (χ3n) is 6.83. The summed E-state index contributed by atoms with van der Waals surface area (Å²) >= 11 is 0. The smallest absolute Gasteiger partial charge is 0.204 e. The Morgan fingerprint density at radius 3 is 2.63 bits per heavy atom. The van der Waals surface area contributed by atoms with Crippen LogP contribution >= 0.6 is 0 Å². The van der Waals surface area contributed by atoms with Gasteiger partial charge in [-0.2, -0.15) is 4.80 Å². The van der Waals surface area contributed by atoms with E-state index in [-0.39, 0.29) is 0 Å². The van der Waals surface area contributed by atoms with Crippen LogP contribution in [0.25, 0.3) is 44.2 Å². The van der Waals surface area contributed by atoms with Crippen LogP contribution in [0.1, 0.15) is 17.0 Å². The van der Waals surface area contributed by atoms with E-state index in [9.17, 15) is 0 Å². The average molecular weight is 500 g/mol. The monoisotopic (exact) mass is 499 g/mol. The number of benzene rings is 3. The lowest BCUT2D eigenvalue weighted by atomic mass is 10.1. The van der Waals surface area contributed by atoms with Gasteiger partial charge in [-0.1, -0.05) is 48.5 Å². The quantitative estimate of drug-likeness (QED) is 0.284. The largest absolute Gasteiger partial charge is 0.369 e. The van der Waals surface area contributed by atoms with Gasteiger partial charge >= 0.3 is 0 Å². The first-order valence-corrected chi connectivity index (χ1v) is 12.6. The highest BCUT2D eigenvalue weighted by atomic mass is 15.6. The molecule has 186 valence electrons. The van der Waals surface area contributed by atoms with Crippen molar-refractivity contribution in [2.45, 2.75) is 12.8 Å². The highest BCUT2D eigenvalue weighted by Gasteiger charge is 2.16. The zero-order valence-corrected chi connectivity index (χ0v) is 20.8. The summed E-state index contributed by atoms with van der Waals surface area (Å²) in [5.74, 6) is 2.16. The topological polar surface area (TPSA) is 113 Å². The van der Waals surface area contributed by atoms with Crippen molar-refractivity contribution in [1.29, 1.82) is 0 Å². The number of aromatic nitrogens is 8. The summed E-state index contributed by atoms with van der Waals surface area (Å²) in [6.45, 7) is 0.733. The Hall–Kier alpha value is -5.05. The summed E-state index contributed by atoms with van der Waals surface area (Å²) in [6, 6.07) is 24.8. The molecule has 0 unspecified atom stereocenters. The van der Waals surface area contributed by atoms with Crippen LogP contribution in [0, 0.1) is 0 Å². The standard InChI is InChI=1S/C29H25N9/c1-38-36-27(35-37-38)19-11-12-24-22(16-19)26-28(30-14-13-20-17-31-23-10-6-5-9-21(20)23)33-25(34-29(26)32-24)15-18-7-3-2-4-8-18/h2-12,16-17,31H,13-15H2,1H3,(H2,30,32,33,34). The Morgan fingerprint density at radius 1 is 0.895 bits per heavy atom. The van der Waals surface area contributed by atoms with Gasteiger partial charge in [0.25, 0.3) is 0 Å². The van der Waals surface area contributed by atoms with E-state index in [4.69, 9.17) is 9.97 Å². The second kappa shape index (κ2) is 9.11. The van der Waals surface area contributed by atoms with E-state index < -0.39 is 0 Å². The van der Waals surface area contributed by atoms with Crippen LogP contribution in [-0.4, -0.2) is 46.7 Å². The number of nitrogens with one attached hydrogen (secondary N) is 3. The van der Waals surface area contributed by atoms with E-state index in [1.165, 1.54) is 21.3 Å². The molecule has 0 amide bonds. The van der Waals surface area contributed by atoms with Crippen molar-refractivity contribution < 1.29 is 0 Å². The SMILES string of the molecule is Cn1nnc(-c2ccc3[nH]c4nc(Cc5ccccc5)nc(NCCc5c[nH]c6ccccc56)c4c3c2)n1. The number of aryl methyl sites for hydroxylation is 1. The molecule has 0 aliphatic carbocycles. The number of tetrazole rings is 1. The fourth-order valence-corrected chi connectivity index (χ4v) is 5.02. The van der Waals surface area contributed by atoms with Crippen molar-refractivity contribution in [3.8, 4) is 11.4 Å². The molecule has 3 aromatic carbocycles. The molecule has 4 heterocycles. The molecule has 0 saturated heterocycles. The summed E-state index contributed by atoms with van der Waals surface area (Å²) in [5.41, 5.74) is 6.28. The maximum atomic E-state index is 5.01. The zero-order chi connectivity index (χ0) is 25.5. The summed E-state index contributed by atoms with van der Waals surface area (Å²) in [4.78, 5) is 18.3. The lowest BCUT2D eigenvalue weighted by Gasteiger charge is -2.10. The number of H-pyrrole nitrogens is 2. The molecule has 4 aromatic heterocycles. The second-order valence-electron chi connectivity index (χ2n) is 9.40. The Bertz CT molecular complexity index is 1900. The Balaban J connectivity index is 1.29. The van der Waals surface area contributed by atoms with Crippen molar-refractivity contribution in [2.75, 3.05) is 11.9 Å². The Morgan fingerprint density at radius 2 is 1.76 bits per heavy atom. The van der Waals surface area contributed by atoms with Gasteiger partial charge < -0.3 is 15.3 Å². The van der Waals surface area contributed by atoms with E-state index in [2.05, 4.69) is 79.4 Å². The predicted octanol–water partition coefficient (Wildman–Crippen LogP) is 5.03. The molecule has 9 heteroatoms. The van der Waals surface area contributed by atoms with Crippen LogP contribution in [0.4, 0.5) is 5.82 Å². The third-order valence-corrected chi connectivity index (χ3v) is 6.83. The number of anilines is 1. The molecule has 38 heavy (non-hydrogen) atoms. The normalized spacial score (nSPS) is 11.6. The van der Waals surface area contributed by atoms with Gasteiger partial charge in [-0.25, -0.2) is 9.97 Å². The van der Waals surface area contributed by atoms with Gasteiger partial charge in [-0.15, -0.1) is 10.2 Å². The van der Waals surface area contributed by atoms with Crippen LogP contribution < -0.4 is 5.32 Å². The number of para-hydroxylation sites is 1. The van der Waals surface area contributed by atoms with Gasteiger partial charge in [0.1, 0.15) is 17.3 Å². The minimum atomic E-state index is 0.583.